The second-order valence-electron chi connectivity index (χ2n) is 6.31. The van der Waals surface area contributed by atoms with Crippen molar-refractivity contribution in [2.45, 2.75) is 18.9 Å². The topological polar surface area (TPSA) is 63.0 Å². The molecule has 1 aliphatic rings. The Balaban J connectivity index is 1.62. The van der Waals surface area contributed by atoms with Crippen molar-refractivity contribution in [2.24, 2.45) is 0 Å². The van der Waals surface area contributed by atoms with Gasteiger partial charge in [0.2, 0.25) is 0 Å². The smallest absolute Gasteiger partial charge is 0.336 e. The van der Waals surface area contributed by atoms with Crippen LogP contribution in [0.1, 0.15) is 12.8 Å². The van der Waals surface area contributed by atoms with E-state index in [2.05, 4.69) is 11.9 Å². The summed E-state index contributed by atoms with van der Waals surface area (Å²) < 4.78 is 10.7. The molecule has 1 fully saturated rings. The molecular formula is C18H22N2O4. The number of carbonyl (C=O) groups is 1. The van der Waals surface area contributed by atoms with E-state index in [1.54, 1.807) is 29.2 Å². The van der Waals surface area contributed by atoms with Gasteiger partial charge in [-0.05, 0) is 44.6 Å². The Morgan fingerprint density at radius 1 is 1.38 bits per heavy atom. The summed E-state index contributed by atoms with van der Waals surface area (Å²) in [5.41, 5.74) is 0.0478. The molecule has 6 heteroatoms. The molecule has 2 heterocycles. The van der Waals surface area contributed by atoms with Crippen LogP contribution in [0.3, 0.4) is 0 Å². The highest BCUT2D eigenvalue weighted by Gasteiger charge is 2.24. The quantitative estimate of drug-likeness (QED) is 0.799. The molecule has 0 bridgehead atoms. The van der Waals surface area contributed by atoms with Crippen LogP contribution in [0, 0.1) is 0 Å². The van der Waals surface area contributed by atoms with Gasteiger partial charge in [-0.1, -0.05) is 0 Å². The molecule has 0 unspecified atom stereocenters. The van der Waals surface area contributed by atoms with Crippen LogP contribution < -0.4 is 10.4 Å². The predicted molar refractivity (Wildman–Crippen MR) is 91.3 cm³/mol. The largest absolute Gasteiger partial charge is 0.484 e. The van der Waals surface area contributed by atoms with Crippen LogP contribution in [0.25, 0.3) is 11.0 Å². The lowest BCUT2D eigenvalue weighted by Crippen LogP contribution is -2.48. The van der Waals surface area contributed by atoms with E-state index in [1.165, 1.54) is 6.07 Å². The normalized spacial score (nSPS) is 18.5. The summed E-state index contributed by atoms with van der Waals surface area (Å²) in [6.07, 6.45) is 2.12. The summed E-state index contributed by atoms with van der Waals surface area (Å²) >= 11 is 0. The van der Waals surface area contributed by atoms with Crippen molar-refractivity contribution < 1.29 is 13.9 Å². The first kappa shape index (κ1) is 16.5. The lowest BCUT2D eigenvalue weighted by atomic mass is 10.1. The maximum Gasteiger partial charge on any atom is 0.336 e. The number of piperidine rings is 1. The molecule has 6 nitrogen and oxygen atoms in total. The fourth-order valence-corrected chi connectivity index (χ4v) is 3.04. The van der Waals surface area contributed by atoms with Crippen molar-refractivity contribution in [2.75, 3.05) is 33.8 Å². The lowest BCUT2D eigenvalue weighted by molar-refractivity contribution is -0.135. The van der Waals surface area contributed by atoms with Gasteiger partial charge in [0.05, 0.1) is 0 Å². The van der Waals surface area contributed by atoms with Gasteiger partial charge in [-0.25, -0.2) is 4.79 Å². The molecule has 1 aromatic carbocycles. The molecule has 1 saturated heterocycles. The van der Waals surface area contributed by atoms with E-state index < -0.39 is 5.63 Å². The zero-order chi connectivity index (χ0) is 17.1. The SMILES string of the molecule is CN1CCC[C@H](N(C)C(=O)COc2ccc3ccc(=O)oc3c2)C1. The van der Waals surface area contributed by atoms with Crippen molar-refractivity contribution in [1.29, 1.82) is 0 Å². The third-order valence-corrected chi connectivity index (χ3v) is 4.50. The number of benzene rings is 1. The molecule has 1 amide bonds. The van der Waals surface area contributed by atoms with E-state index in [9.17, 15) is 9.59 Å². The van der Waals surface area contributed by atoms with Gasteiger partial charge < -0.3 is 19.0 Å². The lowest BCUT2D eigenvalue weighted by Gasteiger charge is -2.35. The first-order valence-corrected chi connectivity index (χ1v) is 8.14. The molecule has 1 aromatic heterocycles. The monoisotopic (exact) mass is 330 g/mol. The van der Waals surface area contributed by atoms with Crippen molar-refractivity contribution in [1.82, 2.24) is 9.80 Å². The van der Waals surface area contributed by atoms with Gasteiger partial charge in [0.25, 0.3) is 5.91 Å². The number of ether oxygens (including phenoxy) is 1. The summed E-state index contributed by atoms with van der Waals surface area (Å²) in [5.74, 6) is 0.462. The van der Waals surface area contributed by atoms with Gasteiger partial charge in [-0.15, -0.1) is 0 Å². The number of fused-ring (bicyclic) bond motifs is 1. The number of nitrogens with zero attached hydrogens (tertiary/aromatic N) is 2. The summed E-state index contributed by atoms with van der Waals surface area (Å²) in [4.78, 5) is 27.6. The van der Waals surface area contributed by atoms with E-state index in [1.807, 2.05) is 7.05 Å². The van der Waals surface area contributed by atoms with E-state index >= 15 is 0 Å². The van der Waals surface area contributed by atoms with Gasteiger partial charge in [0, 0.05) is 37.2 Å². The van der Waals surface area contributed by atoms with Crippen LogP contribution in [0.15, 0.2) is 39.5 Å². The van der Waals surface area contributed by atoms with Crippen LogP contribution in [0.5, 0.6) is 5.75 Å². The highest BCUT2D eigenvalue weighted by atomic mass is 16.5. The van der Waals surface area contributed by atoms with Crippen LogP contribution in [-0.2, 0) is 4.79 Å². The maximum absolute atomic E-state index is 12.3. The molecule has 1 aliphatic heterocycles. The van der Waals surface area contributed by atoms with Crippen molar-refractivity contribution >= 4 is 16.9 Å². The second kappa shape index (κ2) is 7.05. The van der Waals surface area contributed by atoms with Gasteiger partial charge in [-0.2, -0.15) is 0 Å². The maximum atomic E-state index is 12.3. The molecule has 1 atom stereocenters. The van der Waals surface area contributed by atoms with E-state index in [0.29, 0.717) is 11.3 Å². The molecule has 128 valence electrons. The molecule has 3 rings (SSSR count). The Hall–Kier alpha value is -2.34. The Bertz CT molecular complexity index is 786. The molecule has 0 N–H and O–H groups in total. The molecular weight excluding hydrogens is 308 g/mol. The molecule has 0 spiro atoms. The van der Waals surface area contributed by atoms with Gasteiger partial charge in [0.1, 0.15) is 11.3 Å². The zero-order valence-electron chi connectivity index (χ0n) is 14.0. The second-order valence-corrected chi connectivity index (χ2v) is 6.31. The van der Waals surface area contributed by atoms with Gasteiger partial charge in [0.15, 0.2) is 6.61 Å². The standard InChI is InChI=1S/C18H22N2O4/c1-19-9-3-4-14(11-19)20(2)17(21)12-23-15-7-5-13-6-8-18(22)24-16(13)10-15/h5-8,10,14H,3-4,9,11-12H2,1-2H3/t14-/m0/s1. The summed E-state index contributed by atoms with van der Waals surface area (Å²) in [7, 11) is 3.90. The van der Waals surface area contributed by atoms with Crippen molar-refractivity contribution in [3.63, 3.8) is 0 Å². The predicted octanol–water partition coefficient (Wildman–Crippen LogP) is 1.72. The number of likely N-dealkylation sites (tertiary alicyclic amines) is 1. The van der Waals surface area contributed by atoms with Gasteiger partial charge >= 0.3 is 5.63 Å². The van der Waals surface area contributed by atoms with E-state index in [0.717, 1.165) is 31.3 Å². The van der Waals surface area contributed by atoms with Crippen LogP contribution in [0.4, 0.5) is 0 Å². The molecule has 0 saturated carbocycles. The third kappa shape index (κ3) is 3.76. The Labute approximate surface area is 140 Å². The first-order valence-electron chi connectivity index (χ1n) is 8.14. The number of hydrogen-bond acceptors (Lipinski definition) is 5. The number of carbonyl (C=O) groups excluding carboxylic acids is 1. The zero-order valence-corrected chi connectivity index (χ0v) is 14.0. The van der Waals surface area contributed by atoms with Crippen LogP contribution in [-0.4, -0.2) is 55.5 Å². The van der Waals surface area contributed by atoms with Crippen LogP contribution in [0.2, 0.25) is 0 Å². The van der Waals surface area contributed by atoms with Crippen LogP contribution >= 0.6 is 0 Å². The van der Waals surface area contributed by atoms with Crippen molar-refractivity contribution in [3.8, 4) is 5.75 Å². The fraction of sp³-hybridized carbons (Fsp3) is 0.444. The van der Waals surface area contributed by atoms with Gasteiger partial charge in [-0.3, -0.25) is 4.79 Å². The van der Waals surface area contributed by atoms with E-state index in [-0.39, 0.29) is 18.6 Å². The summed E-state index contributed by atoms with van der Waals surface area (Å²) in [6.45, 7) is 1.94. The average molecular weight is 330 g/mol. The molecule has 0 aliphatic carbocycles. The Kier molecular flexibility index (Phi) is 4.85. The minimum Gasteiger partial charge on any atom is -0.484 e. The number of amides is 1. The number of likely N-dealkylation sites (N-methyl/N-ethyl adjacent to an activating group) is 2. The summed E-state index contributed by atoms with van der Waals surface area (Å²) in [5, 5.41) is 0.815. The third-order valence-electron chi connectivity index (χ3n) is 4.50. The highest BCUT2D eigenvalue weighted by molar-refractivity contribution is 5.79. The molecule has 24 heavy (non-hydrogen) atoms. The minimum atomic E-state index is -0.406. The fourth-order valence-electron chi connectivity index (χ4n) is 3.04. The molecule has 2 aromatic rings. The average Bonchev–Trinajstić information content (AvgIpc) is 2.58. The number of rotatable bonds is 4. The first-order chi connectivity index (χ1) is 11.5. The Morgan fingerprint density at radius 2 is 2.17 bits per heavy atom. The van der Waals surface area contributed by atoms with Crippen molar-refractivity contribution in [3.05, 3.63) is 40.8 Å². The highest BCUT2D eigenvalue weighted by Crippen LogP contribution is 2.20. The summed E-state index contributed by atoms with van der Waals surface area (Å²) in [6, 6.07) is 8.52. The number of hydrogen-bond donors (Lipinski definition) is 0. The Morgan fingerprint density at radius 3 is 2.96 bits per heavy atom. The molecule has 0 radical (unpaired) electrons. The minimum absolute atomic E-state index is 0.0285. The van der Waals surface area contributed by atoms with E-state index in [4.69, 9.17) is 9.15 Å².